The van der Waals surface area contributed by atoms with Gasteiger partial charge in [-0.1, -0.05) is 11.6 Å². The number of aliphatic hydroxyl groups is 1. The first kappa shape index (κ1) is 11.1. The second-order valence-electron chi connectivity index (χ2n) is 4.84. The molecule has 3 rings (SSSR count). The Balaban J connectivity index is 2.17. The molecule has 1 aliphatic carbocycles. The zero-order valence-electron chi connectivity index (χ0n) is 9.73. The van der Waals surface area contributed by atoms with Crippen LogP contribution in [0.15, 0.2) is 18.2 Å². The van der Waals surface area contributed by atoms with Gasteiger partial charge in [0.15, 0.2) is 0 Å². The summed E-state index contributed by atoms with van der Waals surface area (Å²) in [5.74, 6) is 1.67. The summed E-state index contributed by atoms with van der Waals surface area (Å²) in [6.07, 6.45) is 2.04. The van der Waals surface area contributed by atoms with Crippen molar-refractivity contribution in [3.8, 4) is 0 Å². The van der Waals surface area contributed by atoms with E-state index >= 15 is 0 Å². The van der Waals surface area contributed by atoms with Crippen LogP contribution in [0.4, 0.5) is 0 Å². The Bertz CT molecular complexity index is 558. The number of hydrogen-bond donors (Lipinski definition) is 1. The van der Waals surface area contributed by atoms with Crippen molar-refractivity contribution in [2.75, 3.05) is 0 Å². The highest BCUT2D eigenvalue weighted by Crippen LogP contribution is 2.41. The van der Waals surface area contributed by atoms with Gasteiger partial charge in [0, 0.05) is 10.9 Å². The third kappa shape index (κ3) is 2.05. The van der Waals surface area contributed by atoms with E-state index in [2.05, 4.69) is 9.55 Å². The molecule has 1 unspecified atom stereocenters. The Morgan fingerprint density at radius 3 is 2.94 bits per heavy atom. The molecule has 4 heteroatoms. The number of benzene rings is 1. The average molecular weight is 251 g/mol. The lowest BCUT2D eigenvalue weighted by atomic mass is 10.3. The summed E-state index contributed by atoms with van der Waals surface area (Å²) in [6.45, 7) is 2.38. The van der Waals surface area contributed by atoms with Crippen LogP contribution >= 0.6 is 11.6 Å². The second-order valence-corrected chi connectivity index (χ2v) is 5.27. The van der Waals surface area contributed by atoms with Crippen LogP contribution in [-0.4, -0.2) is 20.8 Å². The fourth-order valence-corrected chi connectivity index (χ4v) is 2.39. The van der Waals surface area contributed by atoms with Gasteiger partial charge in [-0.05, 0) is 38.0 Å². The Labute approximate surface area is 105 Å². The molecule has 3 nitrogen and oxygen atoms in total. The van der Waals surface area contributed by atoms with Crippen molar-refractivity contribution >= 4 is 22.6 Å². The van der Waals surface area contributed by atoms with E-state index in [4.69, 9.17) is 11.6 Å². The van der Waals surface area contributed by atoms with E-state index in [9.17, 15) is 5.11 Å². The summed E-state index contributed by atoms with van der Waals surface area (Å²) < 4.78 is 2.11. The van der Waals surface area contributed by atoms with Crippen molar-refractivity contribution in [1.82, 2.24) is 9.55 Å². The van der Waals surface area contributed by atoms with Gasteiger partial charge in [0.25, 0.3) is 0 Å². The van der Waals surface area contributed by atoms with Crippen LogP contribution in [0.2, 0.25) is 5.02 Å². The minimum Gasteiger partial charge on any atom is -0.392 e. The lowest BCUT2D eigenvalue weighted by Crippen LogP contribution is -2.13. The summed E-state index contributed by atoms with van der Waals surface area (Å²) in [6, 6.07) is 5.74. The average Bonchev–Trinajstić information content (AvgIpc) is 3.04. The Morgan fingerprint density at radius 2 is 2.29 bits per heavy atom. The predicted octanol–water partition coefficient (Wildman–Crippen LogP) is 2.95. The zero-order chi connectivity index (χ0) is 12.0. The summed E-state index contributed by atoms with van der Waals surface area (Å²) in [5, 5.41) is 10.3. The maximum absolute atomic E-state index is 9.60. The molecule has 1 aromatic heterocycles. The lowest BCUT2D eigenvalue weighted by Gasteiger charge is -2.10. The van der Waals surface area contributed by atoms with Crippen molar-refractivity contribution < 1.29 is 5.11 Å². The van der Waals surface area contributed by atoms with Crippen LogP contribution in [0.3, 0.4) is 0 Å². The summed E-state index contributed by atoms with van der Waals surface area (Å²) in [5.41, 5.74) is 2.00. The monoisotopic (exact) mass is 250 g/mol. The maximum atomic E-state index is 9.60. The van der Waals surface area contributed by atoms with Gasteiger partial charge >= 0.3 is 0 Å². The maximum Gasteiger partial charge on any atom is 0.113 e. The number of rotatable bonds is 3. The highest BCUT2D eigenvalue weighted by molar-refractivity contribution is 6.31. The predicted molar refractivity (Wildman–Crippen MR) is 68.4 cm³/mol. The Hall–Kier alpha value is -1.06. The standard InChI is InChI=1S/C13H15ClN2O/c1-8(17)7-16-12-6-10(14)4-5-11(12)15-13(16)9-2-3-9/h4-6,8-9,17H,2-3,7H2,1H3. The third-order valence-electron chi connectivity index (χ3n) is 3.13. The van der Waals surface area contributed by atoms with Crippen molar-refractivity contribution in [2.45, 2.75) is 38.3 Å². The molecular formula is C13H15ClN2O. The van der Waals surface area contributed by atoms with Gasteiger partial charge in [-0.2, -0.15) is 0 Å². The Kier molecular flexibility index (Phi) is 2.60. The van der Waals surface area contributed by atoms with E-state index in [-0.39, 0.29) is 6.10 Å². The first-order valence-corrected chi connectivity index (χ1v) is 6.36. The van der Waals surface area contributed by atoms with E-state index in [1.807, 2.05) is 18.2 Å². The molecule has 1 aliphatic rings. The first-order valence-electron chi connectivity index (χ1n) is 5.99. The normalized spacial score (nSPS) is 17.6. The molecule has 0 aliphatic heterocycles. The fourth-order valence-electron chi connectivity index (χ4n) is 2.22. The highest BCUT2D eigenvalue weighted by Gasteiger charge is 2.29. The highest BCUT2D eigenvalue weighted by atomic mass is 35.5. The van der Waals surface area contributed by atoms with Gasteiger partial charge in [-0.25, -0.2) is 4.98 Å². The van der Waals surface area contributed by atoms with Gasteiger partial charge in [0.2, 0.25) is 0 Å². The van der Waals surface area contributed by atoms with Crippen LogP contribution in [0.1, 0.15) is 31.5 Å². The molecule has 0 saturated heterocycles. The topological polar surface area (TPSA) is 38.0 Å². The SMILES string of the molecule is CC(O)Cn1c(C2CC2)nc2ccc(Cl)cc21. The van der Waals surface area contributed by atoms with E-state index in [0.29, 0.717) is 17.5 Å². The molecule has 1 fully saturated rings. The van der Waals surface area contributed by atoms with Gasteiger partial charge < -0.3 is 9.67 Å². The summed E-state index contributed by atoms with van der Waals surface area (Å²) >= 11 is 6.03. The third-order valence-corrected chi connectivity index (χ3v) is 3.36. The molecule has 1 N–H and O–H groups in total. The molecule has 1 heterocycles. The molecule has 17 heavy (non-hydrogen) atoms. The number of fused-ring (bicyclic) bond motifs is 1. The smallest absolute Gasteiger partial charge is 0.113 e. The lowest BCUT2D eigenvalue weighted by molar-refractivity contribution is 0.174. The van der Waals surface area contributed by atoms with Gasteiger partial charge in [0.05, 0.1) is 23.7 Å². The number of imidazole rings is 1. The van der Waals surface area contributed by atoms with Crippen LogP contribution in [-0.2, 0) is 6.54 Å². The number of halogens is 1. The fraction of sp³-hybridized carbons (Fsp3) is 0.462. The number of aromatic nitrogens is 2. The van der Waals surface area contributed by atoms with Gasteiger partial charge in [-0.3, -0.25) is 0 Å². The second kappa shape index (κ2) is 4.00. The zero-order valence-corrected chi connectivity index (χ0v) is 10.5. The molecule has 0 bridgehead atoms. The van der Waals surface area contributed by atoms with Crippen molar-refractivity contribution in [2.24, 2.45) is 0 Å². The van der Waals surface area contributed by atoms with Gasteiger partial charge in [-0.15, -0.1) is 0 Å². The van der Waals surface area contributed by atoms with Crippen LogP contribution in [0.25, 0.3) is 11.0 Å². The van der Waals surface area contributed by atoms with E-state index in [0.717, 1.165) is 16.9 Å². The quantitative estimate of drug-likeness (QED) is 0.910. The van der Waals surface area contributed by atoms with Crippen LogP contribution in [0.5, 0.6) is 0 Å². The first-order chi connectivity index (χ1) is 8.15. The van der Waals surface area contributed by atoms with E-state index in [1.54, 1.807) is 6.92 Å². The molecule has 1 atom stereocenters. The van der Waals surface area contributed by atoms with Crippen molar-refractivity contribution in [1.29, 1.82) is 0 Å². The number of aliphatic hydroxyl groups excluding tert-OH is 1. The molecule has 0 amide bonds. The minimum atomic E-state index is -0.371. The summed E-state index contributed by atoms with van der Waals surface area (Å²) in [7, 11) is 0. The summed E-state index contributed by atoms with van der Waals surface area (Å²) in [4.78, 5) is 4.66. The van der Waals surface area contributed by atoms with E-state index < -0.39 is 0 Å². The molecule has 0 radical (unpaired) electrons. The van der Waals surface area contributed by atoms with E-state index in [1.165, 1.54) is 12.8 Å². The molecular weight excluding hydrogens is 236 g/mol. The van der Waals surface area contributed by atoms with Crippen LogP contribution < -0.4 is 0 Å². The molecule has 1 saturated carbocycles. The van der Waals surface area contributed by atoms with Crippen LogP contribution in [0, 0.1) is 0 Å². The molecule has 0 spiro atoms. The number of hydrogen-bond acceptors (Lipinski definition) is 2. The largest absolute Gasteiger partial charge is 0.392 e. The molecule has 1 aromatic carbocycles. The molecule has 90 valence electrons. The number of nitrogens with zero attached hydrogens (tertiary/aromatic N) is 2. The Morgan fingerprint density at radius 1 is 1.53 bits per heavy atom. The minimum absolute atomic E-state index is 0.371. The van der Waals surface area contributed by atoms with Crippen molar-refractivity contribution in [3.05, 3.63) is 29.0 Å². The molecule has 2 aromatic rings. The van der Waals surface area contributed by atoms with Crippen molar-refractivity contribution in [3.63, 3.8) is 0 Å². The van der Waals surface area contributed by atoms with Gasteiger partial charge in [0.1, 0.15) is 5.82 Å².